The highest BCUT2D eigenvalue weighted by molar-refractivity contribution is 14.1. The Kier molecular flexibility index (Phi) is 4.04. The van der Waals surface area contributed by atoms with Gasteiger partial charge in [0.2, 0.25) is 5.82 Å². The van der Waals surface area contributed by atoms with Gasteiger partial charge in [0.1, 0.15) is 5.69 Å². The fraction of sp³-hybridized carbons (Fsp3) is 0. The van der Waals surface area contributed by atoms with Crippen LogP contribution in [0.3, 0.4) is 0 Å². The van der Waals surface area contributed by atoms with E-state index in [2.05, 4.69) is 49.8 Å². The molecule has 0 saturated carbocycles. The number of aromatic nitrogens is 5. The van der Waals surface area contributed by atoms with E-state index in [4.69, 9.17) is 4.98 Å². The van der Waals surface area contributed by atoms with Crippen molar-refractivity contribution in [2.45, 2.75) is 0 Å². The van der Waals surface area contributed by atoms with Gasteiger partial charge in [0.15, 0.2) is 5.82 Å². The van der Waals surface area contributed by atoms with Gasteiger partial charge in [-0.3, -0.25) is 9.97 Å². The number of benzene rings is 1. The molecular formula is C18H12IN5. The lowest BCUT2D eigenvalue weighted by molar-refractivity contribution is 0.882. The minimum Gasteiger partial charge on any atom is -0.262 e. The normalized spacial score (nSPS) is 10.7. The SMILES string of the molecule is Ic1ccc(-c2nc(-c3ccccn3)nn2-c2cccnc2)cc1. The van der Waals surface area contributed by atoms with Crippen LogP contribution in [0, 0.1) is 3.57 Å². The van der Waals surface area contributed by atoms with Crippen molar-refractivity contribution < 1.29 is 0 Å². The van der Waals surface area contributed by atoms with E-state index in [9.17, 15) is 0 Å². The van der Waals surface area contributed by atoms with E-state index in [0.29, 0.717) is 5.82 Å². The number of nitrogens with zero attached hydrogens (tertiary/aromatic N) is 5. The zero-order chi connectivity index (χ0) is 16.4. The van der Waals surface area contributed by atoms with Gasteiger partial charge >= 0.3 is 0 Å². The average Bonchev–Trinajstić information content (AvgIpc) is 3.09. The maximum absolute atomic E-state index is 4.72. The van der Waals surface area contributed by atoms with Crippen LogP contribution in [0.25, 0.3) is 28.6 Å². The molecule has 6 heteroatoms. The largest absolute Gasteiger partial charge is 0.262 e. The molecule has 4 rings (SSSR count). The highest BCUT2D eigenvalue weighted by Gasteiger charge is 2.15. The summed E-state index contributed by atoms with van der Waals surface area (Å²) in [5.41, 5.74) is 2.60. The van der Waals surface area contributed by atoms with E-state index in [1.165, 1.54) is 3.57 Å². The second-order valence-electron chi connectivity index (χ2n) is 5.10. The molecule has 0 aliphatic heterocycles. The zero-order valence-corrected chi connectivity index (χ0v) is 14.7. The van der Waals surface area contributed by atoms with Gasteiger partial charge in [-0.1, -0.05) is 18.2 Å². The monoisotopic (exact) mass is 425 g/mol. The predicted octanol–water partition coefficient (Wildman–Crippen LogP) is 4.00. The molecule has 0 bridgehead atoms. The molecule has 0 spiro atoms. The highest BCUT2D eigenvalue weighted by Crippen LogP contribution is 2.24. The molecule has 4 aromatic rings. The first-order chi connectivity index (χ1) is 11.8. The predicted molar refractivity (Wildman–Crippen MR) is 101 cm³/mol. The summed E-state index contributed by atoms with van der Waals surface area (Å²) in [5.74, 6) is 1.35. The van der Waals surface area contributed by atoms with Gasteiger partial charge in [0, 0.05) is 21.5 Å². The Morgan fingerprint density at radius 2 is 1.75 bits per heavy atom. The van der Waals surface area contributed by atoms with Gasteiger partial charge in [-0.15, -0.1) is 5.10 Å². The molecule has 0 aliphatic carbocycles. The van der Waals surface area contributed by atoms with E-state index in [-0.39, 0.29) is 0 Å². The van der Waals surface area contributed by atoms with Gasteiger partial charge in [-0.2, -0.15) is 0 Å². The summed E-state index contributed by atoms with van der Waals surface area (Å²) in [6.45, 7) is 0. The fourth-order valence-corrected chi connectivity index (χ4v) is 2.72. The lowest BCUT2D eigenvalue weighted by atomic mass is 10.2. The van der Waals surface area contributed by atoms with Gasteiger partial charge in [-0.25, -0.2) is 9.67 Å². The molecule has 3 aromatic heterocycles. The summed E-state index contributed by atoms with van der Waals surface area (Å²) in [4.78, 5) is 13.3. The molecule has 0 unspecified atom stereocenters. The van der Waals surface area contributed by atoms with Crippen LogP contribution in [0.15, 0.2) is 73.2 Å². The van der Waals surface area contributed by atoms with Gasteiger partial charge in [-0.05, 0) is 59.0 Å². The Bertz CT molecular complexity index is 950. The molecular weight excluding hydrogens is 413 g/mol. The van der Waals surface area contributed by atoms with Gasteiger partial charge < -0.3 is 0 Å². The summed E-state index contributed by atoms with van der Waals surface area (Å²) in [5, 5.41) is 4.65. The van der Waals surface area contributed by atoms with Crippen molar-refractivity contribution in [1.29, 1.82) is 0 Å². The van der Waals surface area contributed by atoms with Crippen molar-refractivity contribution in [3.63, 3.8) is 0 Å². The third-order valence-corrected chi connectivity index (χ3v) is 4.21. The minimum atomic E-state index is 0.591. The zero-order valence-electron chi connectivity index (χ0n) is 12.5. The molecule has 0 atom stereocenters. The second kappa shape index (κ2) is 6.48. The molecule has 0 fully saturated rings. The molecule has 1 aromatic carbocycles. The van der Waals surface area contributed by atoms with Crippen LogP contribution in [0.4, 0.5) is 0 Å². The Morgan fingerprint density at radius 1 is 0.875 bits per heavy atom. The molecule has 5 nitrogen and oxygen atoms in total. The third-order valence-electron chi connectivity index (χ3n) is 3.49. The van der Waals surface area contributed by atoms with E-state index in [1.54, 1.807) is 23.3 Å². The van der Waals surface area contributed by atoms with Crippen LogP contribution in [-0.2, 0) is 0 Å². The first-order valence-corrected chi connectivity index (χ1v) is 8.44. The Labute approximate surface area is 152 Å². The molecule has 116 valence electrons. The standard InChI is InChI=1S/C18H12IN5/c19-14-8-6-13(7-9-14)18-22-17(16-5-1-2-11-21-16)23-24(18)15-4-3-10-20-12-15/h1-12H. The van der Waals surface area contributed by atoms with E-state index in [1.807, 2.05) is 42.5 Å². The number of pyridine rings is 2. The molecule has 0 amide bonds. The molecule has 0 N–H and O–H groups in total. The van der Waals surface area contributed by atoms with Crippen LogP contribution in [0.5, 0.6) is 0 Å². The van der Waals surface area contributed by atoms with Crippen LogP contribution in [0.2, 0.25) is 0 Å². The van der Waals surface area contributed by atoms with Crippen molar-refractivity contribution in [3.8, 4) is 28.6 Å². The van der Waals surface area contributed by atoms with Crippen LogP contribution < -0.4 is 0 Å². The number of halogens is 1. The number of rotatable bonds is 3. The maximum Gasteiger partial charge on any atom is 0.200 e. The van der Waals surface area contributed by atoms with Crippen molar-refractivity contribution in [2.75, 3.05) is 0 Å². The number of hydrogen-bond acceptors (Lipinski definition) is 4. The lowest BCUT2D eigenvalue weighted by Gasteiger charge is -2.05. The van der Waals surface area contributed by atoms with Gasteiger partial charge in [0.25, 0.3) is 0 Å². The Morgan fingerprint density at radius 3 is 2.46 bits per heavy atom. The van der Waals surface area contributed by atoms with Crippen LogP contribution in [-0.4, -0.2) is 24.7 Å². The van der Waals surface area contributed by atoms with Crippen LogP contribution >= 0.6 is 22.6 Å². The van der Waals surface area contributed by atoms with Crippen molar-refractivity contribution in [3.05, 3.63) is 76.8 Å². The van der Waals surface area contributed by atoms with Crippen molar-refractivity contribution in [2.24, 2.45) is 0 Å². The first kappa shape index (κ1) is 14.9. The van der Waals surface area contributed by atoms with E-state index in [0.717, 1.165) is 22.8 Å². The quantitative estimate of drug-likeness (QED) is 0.466. The first-order valence-electron chi connectivity index (χ1n) is 7.36. The summed E-state index contributed by atoms with van der Waals surface area (Å²) in [7, 11) is 0. The Hall–Kier alpha value is -2.61. The van der Waals surface area contributed by atoms with Crippen LogP contribution in [0.1, 0.15) is 0 Å². The minimum absolute atomic E-state index is 0.591. The maximum atomic E-state index is 4.72. The van der Waals surface area contributed by atoms with E-state index < -0.39 is 0 Å². The molecule has 0 radical (unpaired) electrons. The molecule has 24 heavy (non-hydrogen) atoms. The lowest BCUT2D eigenvalue weighted by Crippen LogP contribution is -2.00. The smallest absolute Gasteiger partial charge is 0.200 e. The van der Waals surface area contributed by atoms with Crippen molar-refractivity contribution in [1.82, 2.24) is 24.7 Å². The average molecular weight is 425 g/mol. The second-order valence-corrected chi connectivity index (χ2v) is 6.35. The third kappa shape index (κ3) is 2.92. The fourth-order valence-electron chi connectivity index (χ4n) is 2.36. The molecule has 3 heterocycles. The number of hydrogen-bond donors (Lipinski definition) is 0. The molecule has 0 aliphatic rings. The summed E-state index contributed by atoms with van der Waals surface area (Å²) in [6.07, 6.45) is 5.25. The Balaban J connectivity index is 1.90. The van der Waals surface area contributed by atoms with E-state index >= 15 is 0 Å². The van der Waals surface area contributed by atoms with Gasteiger partial charge in [0.05, 0.1) is 11.9 Å². The highest BCUT2D eigenvalue weighted by atomic mass is 127. The summed E-state index contributed by atoms with van der Waals surface area (Å²) in [6, 6.07) is 17.7. The summed E-state index contributed by atoms with van der Waals surface area (Å²) < 4.78 is 2.98. The topological polar surface area (TPSA) is 56.5 Å². The molecule has 0 saturated heterocycles. The summed E-state index contributed by atoms with van der Waals surface area (Å²) >= 11 is 2.29. The van der Waals surface area contributed by atoms with Crippen molar-refractivity contribution >= 4 is 22.6 Å².